The second-order valence-electron chi connectivity index (χ2n) is 8.28. The topological polar surface area (TPSA) is 83.3 Å². The van der Waals surface area contributed by atoms with Crippen LogP contribution in [-0.2, 0) is 0 Å². The number of nitrogens with one attached hydrogen (secondary N) is 2. The summed E-state index contributed by atoms with van der Waals surface area (Å²) < 4.78 is 0. The number of anilines is 1. The highest BCUT2D eigenvalue weighted by molar-refractivity contribution is 5.99. The van der Waals surface area contributed by atoms with E-state index >= 15 is 0 Å². The summed E-state index contributed by atoms with van der Waals surface area (Å²) in [7, 11) is 0. The maximum atomic E-state index is 12.8. The molecule has 0 aromatic carbocycles. The third-order valence-corrected chi connectivity index (χ3v) is 5.28. The molecule has 1 saturated heterocycles. The Morgan fingerprint density at radius 1 is 1.31 bits per heavy atom. The molecule has 2 heterocycles. The molecule has 3 rings (SSSR count). The van der Waals surface area contributed by atoms with Crippen LogP contribution in [0.2, 0.25) is 0 Å². The van der Waals surface area contributed by atoms with Crippen LogP contribution >= 0.6 is 0 Å². The summed E-state index contributed by atoms with van der Waals surface area (Å²) >= 11 is 0. The second kappa shape index (κ2) is 8.35. The molecule has 1 aliphatic heterocycles. The molecule has 1 aromatic heterocycles. The number of carbonyl (C=O) groups excluding carboxylic acids is 1. The summed E-state index contributed by atoms with van der Waals surface area (Å²) in [6, 6.07) is 2.49. The van der Waals surface area contributed by atoms with Crippen LogP contribution in [0.15, 0.2) is 12.3 Å². The SMILES string of the molecule is Cc1cnc(N2CCC(NCC(C)C)CC2)c(C(=O)NC(N)C2CC2)c1. The van der Waals surface area contributed by atoms with Crippen molar-refractivity contribution in [3.63, 3.8) is 0 Å². The standard InChI is InChI=1S/C20H33N5O/c1-13(2)11-22-16-6-8-25(9-7-16)19-17(10-14(3)12-23-19)20(26)24-18(21)15-4-5-15/h10,12-13,15-16,18,22H,4-9,11,21H2,1-3H3,(H,24,26). The fourth-order valence-electron chi connectivity index (χ4n) is 3.48. The first kappa shape index (κ1) is 19.1. The maximum Gasteiger partial charge on any atom is 0.256 e. The average Bonchev–Trinajstić information content (AvgIpc) is 3.45. The molecule has 1 atom stereocenters. The fourth-order valence-corrected chi connectivity index (χ4v) is 3.48. The second-order valence-corrected chi connectivity index (χ2v) is 8.28. The first-order valence-electron chi connectivity index (χ1n) is 9.95. The van der Waals surface area contributed by atoms with E-state index in [9.17, 15) is 4.79 Å². The third kappa shape index (κ3) is 4.95. The molecule has 144 valence electrons. The van der Waals surface area contributed by atoms with E-state index in [1.165, 1.54) is 0 Å². The predicted octanol–water partition coefficient (Wildman–Crippen LogP) is 2.03. The number of nitrogens with zero attached hydrogens (tertiary/aromatic N) is 2. The molecule has 2 aliphatic rings. The van der Waals surface area contributed by atoms with Crippen molar-refractivity contribution in [2.45, 2.75) is 58.7 Å². The number of rotatable bonds is 7. The van der Waals surface area contributed by atoms with E-state index in [-0.39, 0.29) is 12.1 Å². The van der Waals surface area contributed by atoms with Crippen molar-refractivity contribution in [1.82, 2.24) is 15.6 Å². The number of amides is 1. The molecule has 0 bridgehead atoms. The van der Waals surface area contributed by atoms with Crippen molar-refractivity contribution in [3.8, 4) is 0 Å². The lowest BCUT2D eigenvalue weighted by atomic mass is 10.0. The van der Waals surface area contributed by atoms with Crippen LogP contribution in [0, 0.1) is 18.8 Å². The van der Waals surface area contributed by atoms with Crippen LogP contribution in [0.1, 0.15) is 55.5 Å². The third-order valence-electron chi connectivity index (χ3n) is 5.28. The van der Waals surface area contributed by atoms with Crippen molar-refractivity contribution in [2.75, 3.05) is 24.5 Å². The van der Waals surface area contributed by atoms with E-state index in [0.29, 0.717) is 23.4 Å². The lowest BCUT2D eigenvalue weighted by Crippen LogP contribution is -2.46. The summed E-state index contributed by atoms with van der Waals surface area (Å²) in [5.41, 5.74) is 7.73. The van der Waals surface area contributed by atoms with E-state index in [2.05, 4.69) is 34.4 Å². The van der Waals surface area contributed by atoms with Crippen LogP contribution < -0.4 is 21.3 Å². The highest BCUT2D eigenvalue weighted by Crippen LogP contribution is 2.31. The average molecular weight is 360 g/mol. The van der Waals surface area contributed by atoms with Gasteiger partial charge in [-0.25, -0.2) is 4.98 Å². The fraction of sp³-hybridized carbons (Fsp3) is 0.700. The Bertz CT molecular complexity index is 621. The number of hydrogen-bond donors (Lipinski definition) is 3. The van der Waals surface area contributed by atoms with Crippen LogP contribution in [0.3, 0.4) is 0 Å². The van der Waals surface area contributed by atoms with Gasteiger partial charge in [-0.15, -0.1) is 0 Å². The Labute approximate surface area is 156 Å². The lowest BCUT2D eigenvalue weighted by molar-refractivity contribution is 0.0933. The van der Waals surface area contributed by atoms with Gasteiger partial charge in [-0.2, -0.15) is 0 Å². The Hall–Kier alpha value is -1.66. The number of aromatic nitrogens is 1. The summed E-state index contributed by atoms with van der Waals surface area (Å²) in [5, 5.41) is 6.61. The maximum absolute atomic E-state index is 12.8. The normalized spacial score (nSPS) is 19.7. The molecular weight excluding hydrogens is 326 g/mol. The molecule has 2 fully saturated rings. The largest absolute Gasteiger partial charge is 0.356 e. The zero-order valence-electron chi connectivity index (χ0n) is 16.3. The molecule has 26 heavy (non-hydrogen) atoms. The van der Waals surface area contributed by atoms with E-state index < -0.39 is 0 Å². The summed E-state index contributed by atoms with van der Waals surface area (Å²) in [4.78, 5) is 19.6. The van der Waals surface area contributed by atoms with Crippen molar-refractivity contribution in [1.29, 1.82) is 0 Å². The monoisotopic (exact) mass is 359 g/mol. The molecule has 1 unspecified atom stereocenters. The Kier molecular flexibility index (Phi) is 6.14. The van der Waals surface area contributed by atoms with E-state index in [1.54, 1.807) is 0 Å². The minimum absolute atomic E-state index is 0.101. The summed E-state index contributed by atoms with van der Waals surface area (Å²) in [6.07, 6.45) is 5.96. The molecule has 0 spiro atoms. The number of pyridine rings is 1. The predicted molar refractivity (Wildman–Crippen MR) is 105 cm³/mol. The smallest absolute Gasteiger partial charge is 0.256 e. The number of nitrogens with two attached hydrogens (primary N) is 1. The van der Waals surface area contributed by atoms with Gasteiger partial charge < -0.3 is 21.3 Å². The molecule has 6 heteroatoms. The number of hydrogen-bond acceptors (Lipinski definition) is 5. The molecule has 1 aliphatic carbocycles. The first-order valence-corrected chi connectivity index (χ1v) is 9.95. The molecule has 1 saturated carbocycles. The Morgan fingerprint density at radius 2 is 2.00 bits per heavy atom. The Balaban J connectivity index is 1.65. The van der Waals surface area contributed by atoms with Gasteiger partial charge >= 0.3 is 0 Å². The minimum Gasteiger partial charge on any atom is -0.356 e. The molecule has 6 nitrogen and oxygen atoms in total. The Morgan fingerprint density at radius 3 is 2.62 bits per heavy atom. The van der Waals surface area contributed by atoms with Gasteiger partial charge in [-0.05, 0) is 62.6 Å². The highest BCUT2D eigenvalue weighted by Gasteiger charge is 2.31. The molecule has 1 amide bonds. The minimum atomic E-state index is -0.248. The summed E-state index contributed by atoms with van der Waals surface area (Å²) in [6.45, 7) is 9.32. The van der Waals surface area contributed by atoms with Crippen LogP contribution in [0.25, 0.3) is 0 Å². The zero-order chi connectivity index (χ0) is 18.7. The number of piperidine rings is 1. The zero-order valence-corrected chi connectivity index (χ0v) is 16.3. The molecule has 1 aromatic rings. The molecule has 4 N–H and O–H groups in total. The van der Waals surface area contributed by atoms with Crippen molar-refractivity contribution >= 4 is 11.7 Å². The van der Waals surface area contributed by atoms with Crippen LogP contribution in [0.5, 0.6) is 0 Å². The number of carbonyl (C=O) groups is 1. The van der Waals surface area contributed by atoms with Gasteiger partial charge in [0.15, 0.2) is 0 Å². The van der Waals surface area contributed by atoms with E-state index in [4.69, 9.17) is 5.73 Å². The van der Waals surface area contributed by atoms with Gasteiger partial charge in [0.2, 0.25) is 0 Å². The van der Waals surface area contributed by atoms with Crippen LogP contribution in [0.4, 0.5) is 5.82 Å². The number of aryl methyl sites for hydroxylation is 1. The summed E-state index contributed by atoms with van der Waals surface area (Å²) in [5.74, 6) is 1.79. The van der Waals surface area contributed by atoms with Gasteiger partial charge in [0, 0.05) is 25.3 Å². The first-order chi connectivity index (χ1) is 12.4. The van der Waals surface area contributed by atoms with E-state index in [1.807, 2.05) is 19.2 Å². The van der Waals surface area contributed by atoms with Crippen molar-refractivity contribution in [3.05, 3.63) is 23.4 Å². The van der Waals surface area contributed by atoms with Crippen molar-refractivity contribution in [2.24, 2.45) is 17.6 Å². The van der Waals surface area contributed by atoms with E-state index in [0.717, 1.165) is 56.7 Å². The quantitative estimate of drug-likeness (QED) is 0.649. The van der Waals surface area contributed by atoms with Gasteiger partial charge in [-0.1, -0.05) is 13.8 Å². The van der Waals surface area contributed by atoms with Crippen LogP contribution in [-0.4, -0.2) is 42.7 Å². The molecular formula is C20H33N5O. The van der Waals surface area contributed by atoms with Gasteiger partial charge in [0.25, 0.3) is 5.91 Å². The van der Waals surface area contributed by atoms with Gasteiger partial charge in [0.05, 0.1) is 11.7 Å². The lowest BCUT2D eigenvalue weighted by Gasteiger charge is -2.34. The van der Waals surface area contributed by atoms with Gasteiger partial charge in [-0.3, -0.25) is 4.79 Å². The van der Waals surface area contributed by atoms with Crippen molar-refractivity contribution < 1.29 is 4.79 Å². The highest BCUT2D eigenvalue weighted by atomic mass is 16.1. The van der Waals surface area contributed by atoms with Gasteiger partial charge in [0.1, 0.15) is 5.82 Å². The molecule has 0 radical (unpaired) electrons.